The Morgan fingerprint density at radius 1 is 1.53 bits per heavy atom. The summed E-state index contributed by atoms with van der Waals surface area (Å²) in [7, 11) is 0. The van der Waals surface area contributed by atoms with Crippen molar-refractivity contribution in [2.75, 3.05) is 11.5 Å². The molecular formula is C9H14N2O6S2. The summed E-state index contributed by atoms with van der Waals surface area (Å²) in [6.45, 7) is 1.26. The number of amides is 2. The smallest absolute Gasteiger partial charge is 0.327 e. The number of hydrogen-bond acceptors (Lipinski definition) is 6. The van der Waals surface area contributed by atoms with Crippen LogP contribution in [0, 0.1) is 0 Å². The summed E-state index contributed by atoms with van der Waals surface area (Å²) in [6.07, 6.45) is 0. The van der Waals surface area contributed by atoms with Gasteiger partial charge in [-0.2, -0.15) is 12.6 Å². The molecule has 19 heavy (non-hydrogen) atoms. The second kappa shape index (κ2) is 8.64. The van der Waals surface area contributed by atoms with Crippen molar-refractivity contribution in [1.29, 1.82) is 0 Å². The van der Waals surface area contributed by atoms with Crippen molar-refractivity contribution in [3.8, 4) is 0 Å². The highest BCUT2D eigenvalue weighted by Gasteiger charge is 2.27. The fourth-order valence-corrected chi connectivity index (χ4v) is 1.97. The van der Waals surface area contributed by atoms with Crippen molar-refractivity contribution in [2.24, 2.45) is 0 Å². The first-order chi connectivity index (χ1) is 8.77. The lowest BCUT2D eigenvalue weighted by Gasteiger charge is -2.08. The van der Waals surface area contributed by atoms with Crippen LogP contribution in [0.25, 0.3) is 0 Å². The molecule has 0 aromatic heterocycles. The van der Waals surface area contributed by atoms with Crippen LogP contribution in [0.5, 0.6) is 0 Å². The molecule has 0 bridgehead atoms. The largest absolute Gasteiger partial charge is 0.480 e. The number of aliphatic carboxylic acids is 2. The van der Waals surface area contributed by atoms with Crippen LogP contribution in [-0.2, 0) is 14.4 Å². The van der Waals surface area contributed by atoms with Crippen LogP contribution < -0.4 is 10.6 Å². The lowest BCUT2D eigenvalue weighted by atomic mass is 10.3. The number of thiol groups is 1. The maximum absolute atomic E-state index is 10.3. The third-order valence-electron chi connectivity index (χ3n) is 1.83. The van der Waals surface area contributed by atoms with Crippen LogP contribution >= 0.6 is 24.4 Å². The Bertz CT molecular complexity index is 376. The Balaban J connectivity index is 0.000000342. The normalized spacial score (nSPS) is 18.6. The molecule has 1 heterocycles. The highest BCUT2D eigenvalue weighted by atomic mass is 32.2. The predicted molar refractivity (Wildman–Crippen MR) is 71.5 cm³/mol. The van der Waals surface area contributed by atoms with E-state index in [4.69, 9.17) is 10.2 Å². The molecule has 1 aliphatic rings. The van der Waals surface area contributed by atoms with Crippen molar-refractivity contribution < 1.29 is 29.4 Å². The molecule has 10 heteroatoms. The van der Waals surface area contributed by atoms with E-state index in [1.54, 1.807) is 0 Å². The molecule has 0 spiro atoms. The highest BCUT2D eigenvalue weighted by Crippen LogP contribution is 2.12. The standard InChI is InChI=1S/C5H9NO3S.C4H5NO3S/c1-3(7)6-4(2-10)5(8)9;6-3(7)2-1-9-4(8)5-2/h4,10H,2H2,1H3,(H,6,7)(H,8,9);2H,1H2,(H,5,8)(H,6,7)/t4-;/m0./s1. The number of thioether (sulfide) groups is 1. The van der Waals surface area contributed by atoms with Gasteiger partial charge in [-0.3, -0.25) is 9.59 Å². The molecule has 1 saturated heterocycles. The molecule has 0 saturated carbocycles. The maximum atomic E-state index is 10.3. The average Bonchev–Trinajstić information content (AvgIpc) is 2.73. The molecule has 2 amide bonds. The first kappa shape index (κ1) is 17.6. The van der Waals surface area contributed by atoms with E-state index in [2.05, 4.69) is 23.3 Å². The first-order valence-corrected chi connectivity index (χ1v) is 6.66. The Hall–Kier alpha value is -1.42. The molecule has 0 radical (unpaired) electrons. The number of carboxylic acids is 2. The van der Waals surface area contributed by atoms with Crippen molar-refractivity contribution in [3.63, 3.8) is 0 Å². The Labute approximate surface area is 118 Å². The van der Waals surface area contributed by atoms with E-state index >= 15 is 0 Å². The van der Waals surface area contributed by atoms with Crippen LogP contribution in [0.3, 0.4) is 0 Å². The van der Waals surface area contributed by atoms with E-state index in [1.807, 2.05) is 0 Å². The Morgan fingerprint density at radius 3 is 2.26 bits per heavy atom. The predicted octanol–water partition coefficient (Wildman–Crippen LogP) is -0.598. The van der Waals surface area contributed by atoms with Crippen LogP contribution in [0.4, 0.5) is 4.79 Å². The number of hydrogen-bond donors (Lipinski definition) is 5. The number of rotatable bonds is 4. The van der Waals surface area contributed by atoms with Gasteiger partial charge in [0.1, 0.15) is 12.1 Å². The van der Waals surface area contributed by atoms with Crippen molar-refractivity contribution in [2.45, 2.75) is 19.0 Å². The van der Waals surface area contributed by atoms with Gasteiger partial charge in [0.15, 0.2) is 0 Å². The monoisotopic (exact) mass is 310 g/mol. The van der Waals surface area contributed by atoms with Crippen molar-refractivity contribution in [3.05, 3.63) is 0 Å². The second-order valence-electron chi connectivity index (χ2n) is 3.41. The zero-order chi connectivity index (χ0) is 15.0. The van der Waals surface area contributed by atoms with E-state index in [-0.39, 0.29) is 16.9 Å². The van der Waals surface area contributed by atoms with E-state index in [9.17, 15) is 19.2 Å². The van der Waals surface area contributed by atoms with E-state index < -0.39 is 24.0 Å². The van der Waals surface area contributed by atoms with Gasteiger partial charge in [0.2, 0.25) is 5.91 Å². The average molecular weight is 310 g/mol. The van der Waals surface area contributed by atoms with Crippen LogP contribution in [-0.4, -0.2) is 56.9 Å². The van der Waals surface area contributed by atoms with Gasteiger partial charge in [-0.25, -0.2) is 9.59 Å². The SMILES string of the molecule is CC(=O)N[C@@H](CS)C(=O)O.O=C1NC(C(=O)O)CS1. The minimum absolute atomic E-state index is 0.106. The summed E-state index contributed by atoms with van der Waals surface area (Å²) in [5.41, 5.74) is 0. The summed E-state index contributed by atoms with van der Waals surface area (Å²) in [5, 5.41) is 20.9. The summed E-state index contributed by atoms with van der Waals surface area (Å²) in [6, 6.07) is -1.55. The molecule has 1 unspecified atom stereocenters. The third kappa shape index (κ3) is 7.57. The van der Waals surface area contributed by atoms with Gasteiger partial charge in [0.05, 0.1) is 0 Å². The molecular weight excluding hydrogens is 296 g/mol. The van der Waals surface area contributed by atoms with Gasteiger partial charge < -0.3 is 20.8 Å². The van der Waals surface area contributed by atoms with Crippen LogP contribution in [0.15, 0.2) is 0 Å². The molecule has 0 aromatic rings. The first-order valence-electron chi connectivity index (χ1n) is 5.04. The van der Waals surface area contributed by atoms with E-state index in [0.717, 1.165) is 11.8 Å². The molecule has 108 valence electrons. The fraction of sp³-hybridized carbons (Fsp3) is 0.556. The molecule has 1 aliphatic heterocycles. The molecule has 0 aliphatic carbocycles. The maximum Gasteiger partial charge on any atom is 0.327 e. The minimum Gasteiger partial charge on any atom is -0.480 e. The van der Waals surface area contributed by atoms with Gasteiger partial charge >= 0.3 is 11.9 Å². The fourth-order valence-electron chi connectivity index (χ4n) is 0.948. The van der Waals surface area contributed by atoms with Crippen molar-refractivity contribution in [1.82, 2.24) is 10.6 Å². The van der Waals surface area contributed by atoms with Crippen LogP contribution in [0.1, 0.15) is 6.92 Å². The second-order valence-corrected chi connectivity index (χ2v) is 4.77. The number of carbonyl (C=O) groups is 4. The summed E-state index contributed by atoms with van der Waals surface area (Å²) in [5.74, 6) is -1.94. The molecule has 0 aromatic carbocycles. The van der Waals surface area contributed by atoms with Gasteiger partial charge in [0, 0.05) is 18.4 Å². The van der Waals surface area contributed by atoms with Gasteiger partial charge in [-0.15, -0.1) is 0 Å². The number of carboxylic acid groups (broad SMARTS) is 2. The zero-order valence-electron chi connectivity index (χ0n) is 9.95. The lowest BCUT2D eigenvalue weighted by molar-refractivity contribution is -0.140. The summed E-state index contributed by atoms with van der Waals surface area (Å²) >= 11 is 4.74. The molecule has 8 nitrogen and oxygen atoms in total. The topological polar surface area (TPSA) is 133 Å². The van der Waals surface area contributed by atoms with Gasteiger partial charge in [0.25, 0.3) is 5.24 Å². The lowest BCUT2D eigenvalue weighted by Crippen LogP contribution is -2.40. The van der Waals surface area contributed by atoms with E-state index in [1.165, 1.54) is 6.92 Å². The van der Waals surface area contributed by atoms with Gasteiger partial charge in [-0.05, 0) is 0 Å². The molecule has 2 atom stereocenters. The molecule has 4 N–H and O–H groups in total. The van der Waals surface area contributed by atoms with Crippen LogP contribution in [0.2, 0.25) is 0 Å². The van der Waals surface area contributed by atoms with E-state index in [0.29, 0.717) is 5.75 Å². The number of carbonyl (C=O) groups excluding carboxylic acids is 2. The Morgan fingerprint density at radius 2 is 2.11 bits per heavy atom. The number of nitrogens with one attached hydrogen (secondary N) is 2. The molecule has 1 rings (SSSR count). The highest BCUT2D eigenvalue weighted by molar-refractivity contribution is 8.14. The minimum atomic E-state index is -1.06. The summed E-state index contributed by atoms with van der Waals surface area (Å²) in [4.78, 5) is 41.0. The quantitative estimate of drug-likeness (QED) is 0.438. The summed E-state index contributed by atoms with van der Waals surface area (Å²) < 4.78 is 0. The molecule has 1 fully saturated rings. The third-order valence-corrected chi connectivity index (χ3v) is 3.07. The van der Waals surface area contributed by atoms with Crippen molar-refractivity contribution >= 4 is 47.5 Å². The zero-order valence-corrected chi connectivity index (χ0v) is 11.7. The Kier molecular flexibility index (Phi) is 8.00. The van der Waals surface area contributed by atoms with Gasteiger partial charge in [-0.1, -0.05) is 11.8 Å².